The Morgan fingerprint density at radius 1 is 1.44 bits per heavy atom. The highest BCUT2D eigenvalue weighted by Gasteiger charge is 2.37. The van der Waals surface area contributed by atoms with E-state index < -0.39 is 0 Å². The van der Waals surface area contributed by atoms with E-state index in [1.807, 2.05) is 12.4 Å². The zero-order chi connectivity index (χ0) is 11.4. The average Bonchev–Trinajstić information content (AvgIpc) is 3.15. The van der Waals surface area contributed by atoms with Crippen LogP contribution in [0.25, 0.3) is 0 Å². The molecular weight excluding hydrogens is 202 g/mol. The molecule has 1 heterocycles. The first-order chi connectivity index (χ1) is 7.86. The second kappa shape index (κ2) is 5.37. The van der Waals surface area contributed by atoms with Gasteiger partial charge in [-0.1, -0.05) is 6.92 Å². The molecule has 0 saturated heterocycles. The lowest BCUT2D eigenvalue weighted by atomic mass is 10.0. The van der Waals surface area contributed by atoms with E-state index in [1.165, 1.54) is 12.8 Å². The van der Waals surface area contributed by atoms with E-state index in [-0.39, 0.29) is 12.1 Å². The summed E-state index contributed by atoms with van der Waals surface area (Å²) in [5, 5.41) is 3.47. The SMILES string of the molecule is CCNC(c1cncnc1)C(OC)C1CC1. The van der Waals surface area contributed by atoms with E-state index in [4.69, 9.17) is 4.74 Å². The first-order valence-electron chi connectivity index (χ1n) is 5.88. The van der Waals surface area contributed by atoms with Crippen LogP contribution in [0.2, 0.25) is 0 Å². The summed E-state index contributed by atoms with van der Waals surface area (Å²) >= 11 is 0. The quantitative estimate of drug-likeness (QED) is 0.791. The van der Waals surface area contributed by atoms with Gasteiger partial charge < -0.3 is 10.1 Å². The molecule has 1 N–H and O–H groups in total. The second-order valence-electron chi connectivity index (χ2n) is 4.24. The van der Waals surface area contributed by atoms with Gasteiger partial charge in [0.2, 0.25) is 0 Å². The molecule has 0 aliphatic heterocycles. The van der Waals surface area contributed by atoms with Crippen molar-refractivity contribution in [3.05, 3.63) is 24.3 Å². The number of rotatable bonds is 6. The van der Waals surface area contributed by atoms with Gasteiger partial charge in [0.05, 0.1) is 12.1 Å². The number of hydrogen-bond donors (Lipinski definition) is 1. The van der Waals surface area contributed by atoms with Gasteiger partial charge in [0.25, 0.3) is 0 Å². The van der Waals surface area contributed by atoms with Gasteiger partial charge in [0.1, 0.15) is 6.33 Å². The number of ether oxygens (including phenoxy) is 1. The molecule has 2 unspecified atom stereocenters. The van der Waals surface area contributed by atoms with Gasteiger partial charge in [-0.05, 0) is 25.3 Å². The third-order valence-corrected chi connectivity index (χ3v) is 3.05. The normalized spacial score (nSPS) is 19.4. The van der Waals surface area contributed by atoms with E-state index in [2.05, 4.69) is 22.2 Å². The number of nitrogens with zero attached hydrogens (tertiary/aromatic N) is 2. The van der Waals surface area contributed by atoms with Crippen LogP contribution in [0.3, 0.4) is 0 Å². The highest BCUT2D eigenvalue weighted by Crippen LogP contribution is 2.39. The Hall–Kier alpha value is -1.00. The molecule has 2 atom stereocenters. The molecule has 0 spiro atoms. The van der Waals surface area contributed by atoms with Crippen molar-refractivity contribution in [2.75, 3.05) is 13.7 Å². The van der Waals surface area contributed by atoms with Crippen molar-refractivity contribution in [2.45, 2.75) is 31.9 Å². The molecule has 1 aromatic rings. The van der Waals surface area contributed by atoms with E-state index in [9.17, 15) is 0 Å². The third kappa shape index (κ3) is 2.57. The smallest absolute Gasteiger partial charge is 0.115 e. The van der Waals surface area contributed by atoms with Crippen LogP contribution < -0.4 is 5.32 Å². The molecule has 1 aliphatic rings. The number of aromatic nitrogens is 2. The highest BCUT2D eigenvalue weighted by atomic mass is 16.5. The number of methoxy groups -OCH3 is 1. The van der Waals surface area contributed by atoms with Crippen molar-refractivity contribution in [1.29, 1.82) is 0 Å². The Morgan fingerprint density at radius 2 is 2.12 bits per heavy atom. The van der Waals surface area contributed by atoms with Gasteiger partial charge in [-0.15, -0.1) is 0 Å². The lowest BCUT2D eigenvalue weighted by Gasteiger charge is -2.26. The topological polar surface area (TPSA) is 47.0 Å². The summed E-state index contributed by atoms with van der Waals surface area (Å²) in [5.41, 5.74) is 1.11. The summed E-state index contributed by atoms with van der Waals surface area (Å²) in [5.74, 6) is 0.689. The molecule has 1 aliphatic carbocycles. The Labute approximate surface area is 96.4 Å². The maximum absolute atomic E-state index is 5.63. The number of hydrogen-bond acceptors (Lipinski definition) is 4. The zero-order valence-electron chi connectivity index (χ0n) is 9.89. The summed E-state index contributed by atoms with van der Waals surface area (Å²) in [6.45, 7) is 3.03. The van der Waals surface area contributed by atoms with E-state index >= 15 is 0 Å². The van der Waals surface area contributed by atoms with Gasteiger partial charge in [0.15, 0.2) is 0 Å². The molecular formula is C12H19N3O. The maximum atomic E-state index is 5.63. The molecule has 1 saturated carbocycles. The largest absolute Gasteiger partial charge is 0.379 e. The second-order valence-corrected chi connectivity index (χ2v) is 4.24. The Bertz CT molecular complexity index is 313. The van der Waals surface area contributed by atoms with Crippen molar-refractivity contribution >= 4 is 0 Å². The van der Waals surface area contributed by atoms with Crippen molar-refractivity contribution in [2.24, 2.45) is 5.92 Å². The lowest BCUT2D eigenvalue weighted by Crippen LogP contribution is -2.34. The monoisotopic (exact) mass is 221 g/mol. The van der Waals surface area contributed by atoms with Gasteiger partial charge in [-0.25, -0.2) is 9.97 Å². The molecule has 0 radical (unpaired) electrons. The van der Waals surface area contributed by atoms with Crippen LogP contribution in [0.4, 0.5) is 0 Å². The fourth-order valence-electron chi connectivity index (χ4n) is 2.14. The van der Waals surface area contributed by atoms with Crippen molar-refractivity contribution in [3.8, 4) is 0 Å². The van der Waals surface area contributed by atoms with Crippen LogP contribution in [-0.4, -0.2) is 29.7 Å². The first-order valence-corrected chi connectivity index (χ1v) is 5.88. The fourth-order valence-corrected chi connectivity index (χ4v) is 2.14. The van der Waals surface area contributed by atoms with Crippen LogP contribution in [0.5, 0.6) is 0 Å². The van der Waals surface area contributed by atoms with Crippen molar-refractivity contribution in [1.82, 2.24) is 15.3 Å². The zero-order valence-corrected chi connectivity index (χ0v) is 9.89. The molecule has 4 heteroatoms. The Kier molecular flexibility index (Phi) is 3.85. The van der Waals surface area contributed by atoms with Crippen LogP contribution in [0.1, 0.15) is 31.4 Å². The Balaban J connectivity index is 2.15. The molecule has 2 rings (SSSR count). The predicted octanol–water partition coefficient (Wildman–Crippen LogP) is 1.55. The standard InChI is InChI=1S/C12H19N3O/c1-3-15-11(10-6-13-8-14-7-10)12(16-2)9-4-5-9/h6-9,11-12,15H,3-5H2,1-2H3. The molecule has 0 aromatic carbocycles. The Morgan fingerprint density at radius 3 is 2.62 bits per heavy atom. The van der Waals surface area contributed by atoms with Crippen molar-refractivity contribution < 1.29 is 4.74 Å². The number of likely N-dealkylation sites (N-methyl/N-ethyl adjacent to an activating group) is 1. The molecule has 88 valence electrons. The van der Waals surface area contributed by atoms with Crippen molar-refractivity contribution in [3.63, 3.8) is 0 Å². The van der Waals surface area contributed by atoms with Crippen LogP contribution in [0, 0.1) is 5.92 Å². The minimum atomic E-state index is 0.212. The third-order valence-electron chi connectivity index (χ3n) is 3.05. The van der Waals surface area contributed by atoms with Gasteiger partial charge in [-0.3, -0.25) is 0 Å². The number of nitrogens with one attached hydrogen (secondary N) is 1. The maximum Gasteiger partial charge on any atom is 0.115 e. The fraction of sp³-hybridized carbons (Fsp3) is 0.667. The molecule has 16 heavy (non-hydrogen) atoms. The summed E-state index contributed by atoms with van der Waals surface area (Å²) in [7, 11) is 1.79. The summed E-state index contributed by atoms with van der Waals surface area (Å²) < 4.78 is 5.63. The minimum absolute atomic E-state index is 0.212. The summed E-state index contributed by atoms with van der Waals surface area (Å²) in [6, 6.07) is 0.212. The first kappa shape index (κ1) is 11.5. The van der Waals surface area contributed by atoms with Crippen LogP contribution in [0.15, 0.2) is 18.7 Å². The molecule has 0 amide bonds. The molecule has 0 bridgehead atoms. The minimum Gasteiger partial charge on any atom is -0.379 e. The van der Waals surface area contributed by atoms with E-state index in [1.54, 1.807) is 13.4 Å². The van der Waals surface area contributed by atoms with Crippen LogP contribution in [-0.2, 0) is 4.74 Å². The highest BCUT2D eigenvalue weighted by molar-refractivity contribution is 5.13. The van der Waals surface area contributed by atoms with E-state index in [0.29, 0.717) is 5.92 Å². The molecule has 1 aromatic heterocycles. The average molecular weight is 221 g/mol. The lowest BCUT2D eigenvalue weighted by molar-refractivity contribution is 0.0509. The van der Waals surface area contributed by atoms with Crippen LogP contribution >= 0.6 is 0 Å². The van der Waals surface area contributed by atoms with E-state index in [0.717, 1.165) is 12.1 Å². The van der Waals surface area contributed by atoms with Gasteiger partial charge in [0, 0.05) is 25.1 Å². The summed E-state index contributed by atoms with van der Waals surface area (Å²) in [6.07, 6.45) is 8.09. The molecule has 1 fully saturated rings. The predicted molar refractivity (Wildman–Crippen MR) is 62.0 cm³/mol. The summed E-state index contributed by atoms with van der Waals surface area (Å²) in [4.78, 5) is 8.16. The van der Waals surface area contributed by atoms with Gasteiger partial charge >= 0.3 is 0 Å². The van der Waals surface area contributed by atoms with Gasteiger partial charge in [-0.2, -0.15) is 0 Å². The molecule has 4 nitrogen and oxygen atoms in total.